The number of piperidine rings is 1. The topological polar surface area (TPSA) is 23.5 Å². The van der Waals surface area contributed by atoms with Crippen LogP contribution < -0.4 is 0 Å². The van der Waals surface area contributed by atoms with Crippen LogP contribution in [0.2, 0.25) is 4.34 Å². The largest absolute Gasteiger partial charge is 0.389 e. The van der Waals surface area contributed by atoms with E-state index in [2.05, 4.69) is 11.9 Å². The van der Waals surface area contributed by atoms with E-state index in [1.165, 1.54) is 4.88 Å². The molecule has 15 heavy (non-hydrogen) atoms. The lowest BCUT2D eigenvalue weighted by Crippen LogP contribution is -2.43. The van der Waals surface area contributed by atoms with Crippen molar-refractivity contribution in [1.82, 2.24) is 4.90 Å². The second-order valence-electron chi connectivity index (χ2n) is 4.41. The molecule has 0 radical (unpaired) electrons. The summed E-state index contributed by atoms with van der Waals surface area (Å²) >= 11 is 7.45. The van der Waals surface area contributed by atoms with Crippen molar-refractivity contribution in [3.05, 3.63) is 21.3 Å². The van der Waals surface area contributed by atoms with Gasteiger partial charge < -0.3 is 10.0 Å². The van der Waals surface area contributed by atoms with E-state index >= 15 is 0 Å². The van der Waals surface area contributed by atoms with E-state index < -0.39 is 5.60 Å². The Hall–Kier alpha value is -0.0900. The zero-order valence-corrected chi connectivity index (χ0v) is 10.4. The highest BCUT2D eigenvalue weighted by Gasteiger charge is 2.31. The Kier molecular flexibility index (Phi) is 3.36. The molecule has 1 aliphatic rings. The molecule has 4 heteroatoms. The average Bonchev–Trinajstić information content (AvgIpc) is 2.57. The predicted molar refractivity (Wildman–Crippen MR) is 64.7 cm³/mol. The van der Waals surface area contributed by atoms with Crippen LogP contribution in [-0.2, 0) is 6.42 Å². The van der Waals surface area contributed by atoms with Crippen LogP contribution >= 0.6 is 22.9 Å². The number of hydrogen-bond donors (Lipinski definition) is 1. The van der Waals surface area contributed by atoms with Crippen LogP contribution in [0.1, 0.15) is 17.7 Å². The van der Waals surface area contributed by atoms with Gasteiger partial charge in [-0.15, -0.1) is 11.3 Å². The van der Waals surface area contributed by atoms with Gasteiger partial charge in [0.25, 0.3) is 0 Å². The summed E-state index contributed by atoms with van der Waals surface area (Å²) in [7, 11) is 2.10. The molecule has 0 atom stereocenters. The molecule has 0 bridgehead atoms. The monoisotopic (exact) mass is 245 g/mol. The molecule has 0 spiro atoms. The zero-order chi connectivity index (χ0) is 10.9. The molecule has 0 unspecified atom stereocenters. The molecular weight excluding hydrogens is 230 g/mol. The van der Waals surface area contributed by atoms with Crippen molar-refractivity contribution in [2.75, 3.05) is 20.1 Å². The van der Waals surface area contributed by atoms with Gasteiger partial charge in [0.1, 0.15) is 0 Å². The second-order valence-corrected chi connectivity index (χ2v) is 6.21. The number of hydrogen-bond acceptors (Lipinski definition) is 3. The fourth-order valence-corrected chi connectivity index (χ4v) is 3.21. The number of halogens is 1. The molecule has 1 aromatic heterocycles. The van der Waals surface area contributed by atoms with Crippen molar-refractivity contribution >= 4 is 22.9 Å². The van der Waals surface area contributed by atoms with Crippen molar-refractivity contribution < 1.29 is 5.11 Å². The third kappa shape index (κ3) is 2.94. The Labute approximate surface area is 99.5 Å². The van der Waals surface area contributed by atoms with Gasteiger partial charge in [-0.05, 0) is 32.0 Å². The van der Waals surface area contributed by atoms with Crippen LogP contribution in [0.5, 0.6) is 0 Å². The first-order valence-corrected chi connectivity index (χ1v) is 6.42. The van der Waals surface area contributed by atoms with E-state index in [1.807, 2.05) is 12.1 Å². The number of nitrogens with zero attached hydrogens (tertiary/aromatic N) is 1. The summed E-state index contributed by atoms with van der Waals surface area (Å²) < 4.78 is 0.807. The Balaban J connectivity index is 1.99. The van der Waals surface area contributed by atoms with Gasteiger partial charge in [0.05, 0.1) is 9.94 Å². The first kappa shape index (κ1) is 11.4. The molecule has 0 aliphatic carbocycles. The first-order chi connectivity index (χ1) is 7.07. The maximum absolute atomic E-state index is 10.4. The quantitative estimate of drug-likeness (QED) is 0.865. The molecular formula is C11H16ClNOS. The molecule has 84 valence electrons. The molecule has 1 aromatic rings. The third-order valence-corrected chi connectivity index (χ3v) is 4.28. The lowest BCUT2D eigenvalue weighted by molar-refractivity contribution is -0.0144. The Morgan fingerprint density at radius 1 is 1.47 bits per heavy atom. The molecule has 1 fully saturated rings. The first-order valence-electron chi connectivity index (χ1n) is 5.23. The van der Waals surface area contributed by atoms with E-state index in [9.17, 15) is 5.11 Å². The van der Waals surface area contributed by atoms with Gasteiger partial charge in [0.2, 0.25) is 0 Å². The minimum absolute atomic E-state index is 0.513. The molecule has 1 aliphatic heterocycles. The summed E-state index contributed by atoms with van der Waals surface area (Å²) in [5, 5.41) is 10.4. The summed E-state index contributed by atoms with van der Waals surface area (Å²) in [4.78, 5) is 3.45. The van der Waals surface area contributed by atoms with Crippen molar-refractivity contribution in [3.8, 4) is 0 Å². The molecule has 0 saturated carbocycles. The van der Waals surface area contributed by atoms with Crippen LogP contribution in [0.25, 0.3) is 0 Å². The standard InChI is InChI=1S/C11H16ClNOS/c1-13-6-4-11(14,5-7-13)8-9-2-3-10(12)15-9/h2-3,14H,4-8H2,1H3. The van der Waals surface area contributed by atoms with Crippen LogP contribution in [0.3, 0.4) is 0 Å². The van der Waals surface area contributed by atoms with Crippen LogP contribution in [-0.4, -0.2) is 35.7 Å². The van der Waals surface area contributed by atoms with Crippen LogP contribution in [0.4, 0.5) is 0 Å². The van der Waals surface area contributed by atoms with Gasteiger partial charge in [0.15, 0.2) is 0 Å². The Morgan fingerprint density at radius 2 is 2.13 bits per heavy atom. The van der Waals surface area contributed by atoms with Crippen LogP contribution in [0.15, 0.2) is 12.1 Å². The summed E-state index contributed by atoms with van der Waals surface area (Å²) in [6.07, 6.45) is 2.47. The summed E-state index contributed by atoms with van der Waals surface area (Å²) in [5.41, 5.74) is -0.513. The van der Waals surface area contributed by atoms with Crippen molar-refractivity contribution in [3.63, 3.8) is 0 Å². The van der Waals surface area contributed by atoms with Gasteiger partial charge in [0, 0.05) is 24.4 Å². The summed E-state index contributed by atoms with van der Waals surface area (Å²) in [6, 6.07) is 3.92. The highest BCUT2D eigenvalue weighted by molar-refractivity contribution is 7.16. The van der Waals surface area contributed by atoms with E-state index in [0.29, 0.717) is 0 Å². The van der Waals surface area contributed by atoms with E-state index in [0.717, 1.165) is 36.7 Å². The molecule has 2 nitrogen and oxygen atoms in total. The number of aliphatic hydroxyl groups is 1. The van der Waals surface area contributed by atoms with Gasteiger partial charge in [-0.3, -0.25) is 0 Å². The number of rotatable bonds is 2. The average molecular weight is 246 g/mol. The Bertz CT molecular complexity index is 331. The molecule has 2 heterocycles. The van der Waals surface area contributed by atoms with Gasteiger partial charge >= 0.3 is 0 Å². The SMILES string of the molecule is CN1CCC(O)(Cc2ccc(Cl)s2)CC1. The van der Waals surface area contributed by atoms with E-state index in [-0.39, 0.29) is 0 Å². The third-order valence-electron chi connectivity index (χ3n) is 3.05. The lowest BCUT2D eigenvalue weighted by Gasteiger charge is -2.36. The van der Waals surface area contributed by atoms with E-state index in [4.69, 9.17) is 11.6 Å². The smallest absolute Gasteiger partial charge is 0.0931 e. The highest BCUT2D eigenvalue weighted by Crippen LogP contribution is 2.30. The zero-order valence-electron chi connectivity index (χ0n) is 8.87. The van der Waals surface area contributed by atoms with Crippen LogP contribution in [0, 0.1) is 0 Å². The molecule has 2 rings (SSSR count). The second kappa shape index (κ2) is 4.42. The highest BCUT2D eigenvalue weighted by atomic mass is 35.5. The fraction of sp³-hybridized carbons (Fsp3) is 0.636. The number of thiophene rings is 1. The van der Waals surface area contributed by atoms with Crippen molar-refractivity contribution in [1.29, 1.82) is 0 Å². The molecule has 0 aromatic carbocycles. The predicted octanol–water partition coefficient (Wildman–Crippen LogP) is 2.40. The number of likely N-dealkylation sites (tertiary alicyclic amines) is 1. The maximum atomic E-state index is 10.4. The van der Waals surface area contributed by atoms with Crippen molar-refractivity contribution in [2.45, 2.75) is 24.9 Å². The van der Waals surface area contributed by atoms with Gasteiger partial charge in [-0.1, -0.05) is 11.6 Å². The minimum Gasteiger partial charge on any atom is -0.389 e. The fourth-order valence-electron chi connectivity index (χ4n) is 1.98. The Morgan fingerprint density at radius 3 is 2.67 bits per heavy atom. The maximum Gasteiger partial charge on any atom is 0.0931 e. The van der Waals surface area contributed by atoms with Gasteiger partial charge in [-0.25, -0.2) is 0 Å². The summed E-state index contributed by atoms with van der Waals surface area (Å²) in [6.45, 7) is 1.96. The normalized spacial score (nSPS) is 21.8. The molecule has 0 amide bonds. The van der Waals surface area contributed by atoms with E-state index in [1.54, 1.807) is 11.3 Å². The molecule has 1 saturated heterocycles. The van der Waals surface area contributed by atoms with Gasteiger partial charge in [-0.2, -0.15) is 0 Å². The molecule has 1 N–H and O–H groups in total. The lowest BCUT2D eigenvalue weighted by atomic mass is 9.88. The minimum atomic E-state index is -0.513. The van der Waals surface area contributed by atoms with Crippen molar-refractivity contribution in [2.24, 2.45) is 0 Å². The summed E-state index contributed by atoms with van der Waals surface area (Å²) in [5.74, 6) is 0.